The maximum atomic E-state index is 13.4. The number of rotatable bonds is 2. The highest BCUT2D eigenvalue weighted by atomic mass is 19.1. The zero-order valence-electron chi connectivity index (χ0n) is 8.39. The number of carbonyl (C=O) groups is 1. The first-order valence-electron chi connectivity index (χ1n) is 4.61. The minimum Gasteiger partial charge on any atom is -0.476 e. The van der Waals surface area contributed by atoms with Gasteiger partial charge in [-0.3, -0.25) is 0 Å². The molecular weight excluding hydrogens is 230 g/mol. The topological polar surface area (TPSA) is 63.1 Å². The van der Waals surface area contributed by atoms with E-state index < -0.39 is 17.6 Å². The molecular formula is C11H6F2N2O2. The van der Waals surface area contributed by atoms with E-state index in [0.29, 0.717) is 0 Å². The van der Waals surface area contributed by atoms with Gasteiger partial charge in [0.1, 0.15) is 11.6 Å². The molecule has 1 aromatic carbocycles. The molecule has 0 aliphatic heterocycles. The molecule has 0 amide bonds. The van der Waals surface area contributed by atoms with Gasteiger partial charge in [0, 0.05) is 0 Å². The number of aromatic carboxylic acids is 1. The lowest BCUT2D eigenvalue weighted by molar-refractivity contribution is 0.0689. The van der Waals surface area contributed by atoms with E-state index in [0.717, 1.165) is 18.2 Å². The summed E-state index contributed by atoms with van der Waals surface area (Å²) in [5, 5.41) is 15.4. The Morgan fingerprint density at radius 3 is 2.18 bits per heavy atom. The van der Waals surface area contributed by atoms with Crippen LogP contribution in [0.5, 0.6) is 0 Å². The van der Waals surface area contributed by atoms with E-state index in [9.17, 15) is 13.6 Å². The highest BCUT2D eigenvalue weighted by molar-refractivity contribution is 5.85. The zero-order chi connectivity index (χ0) is 12.4. The molecule has 6 heteroatoms. The molecule has 1 aromatic heterocycles. The first-order chi connectivity index (χ1) is 8.09. The predicted molar refractivity (Wildman–Crippen MR) is 54.3 cm³/mol. The van der Waals surface area contributed by atoms with E-state index in [1.54, 1.807) is 0 Å². The maximum Gasteiger partial charge on any atom is 0.356 e. The van der Waals surface area contributed by atoms with Crippen molar-refractivity contribution in [3.05, 3.63) is 47.7 Å². The first-order valence-corrected chi connectivity index (χ1v) is 4.61. The van der Waals surface area contributed by atoms with Crippen LogP contribution >= 0.6 is 0 Å². The fourth-order valence-electron chi connectivity index (χ4n) is 1.32. The van der Waals surface area contributed by atoms with E-state index in [1.165, 1.54) is 12.1 Å². The van der Waals surface area contributed by atoms with Gasteiger partial charge in [-0.2, -0.15) is 0 Å². The minimum absolute atomic E-state index is 0.0504. The van der Waals surface area contributed by atoms with E-state index in [1.807, 2.05) is 0 Å². The Hall–Kier alpha value is -2.37. The van der Waals surface area contributed by atoms with E-state index >= 15 is 0 Å². The summed E-state index contributed by atoms with van der Waals surface area (Å²) in [4.78, 5) is 10.5. The highest BCUT2D eigenvalue weighted by Gasteiger charge is 2.13. The molecule has 4 nitrogen and oxygen atoms in total. The summed E-state index contributed by atoms with van der Waals surface area (Å²) >= 11 is 0. The third-order valence-electron chi connectivity index (χ3n) is 2.10. The predicted octanol–water partition coefficient (Wildman–Crippen LogP) is 2.12. The lowest BCUT2D eigenvalue weighted by Crippen LogP contribution is -2.03. The summed E-state index contributed by atoms with van der Waals surface area (Å²) in [6.07, 6.45) is 0. The summed E-state index contributed by atoms with van der Waals surface area (Å²) < 4.78 is 26.7. The van der Waals surface area contributed by atoms with Gasteiger partial charge in [0.15, 0.2) is 5.69 Å². The number of hydrogen-bond donors (Lipinski definition) is 1. The van der Waals surface area contributed by atoms with E-state index in [4.69, 9.17) is 5.11 Å². The van der Waals surface area contributed by atoms with Gasteiger partial charge in [0.25, 0.3) is 0 Å². The first kappa shape index (κ1) is 11.1. The minimum atomic E-state index is -1.25. The van der Waals surface area contributed by atoms with Crippen LogP contribution in [0.1, 0.15) is 10.5 Å². The Labute approximate surface area is 94.5 Å². The molecule has 1 N–H and O–H groups in total. The second-order valence-corrected chi connectivity index (χ2v) is 3.21. The molecule has 0 unspecified atom stereocenters. The molecule has 0 bridgehead atoms. The van der Waals surface area contributed by atoms with Crippen LogP contribution in [-0.2, 0) is 0 Å². The Bertz CT molecular complexity index is 550. The number of benzene rings is 1. The molecule has 2 rings (SSSR count). The lowest BCUT2D eigenvalue weighted by atomic mass is 10.1. The summed E-state index contributed by atoms with van der Waals surface area (Å²) in [5.74, 6) is -2.80. The van der Waals surface area contributed by atoms with Crippen LogP contribution in [0.25, 0.3) is 11.3 Å². The van der Waals surface area contributed by atoms with Crippen molar-refractivity contribution < 1.29 is 18.7 Å². The van der Waals surface area contributed by atoms with Crippen LogP contribution in [0.2, 0.25) is 0 Å². The van der Waals surface area contributed by atoms with Crippen LogP contribution in [0, 0.1) is 11.6 Å². The molecule has 0 atom stereocenters. The van der Waals surface area contributed by atoms with Gasteiger partial charge in [-0.25, -0.2) is 13.6 Å². The second-order valence-electron chi connectivity index (χ2n) is 3.21. The van der Waals surface area contributed by atoms with Crippen molar-refractivity contribution in [1.82, 2.24) is 10.2 Å². The largest absolute Gasteiger partial charge is 0.476 e. The fraction of sp³-hybridized carbons (Fsp3) is 0. The molecule has 0 saturated heterocycles. The van der Waals surface area contributed by atoms with Gasteiger partial charge >= 0.3 is 5.97 Å². The van der Waals surface area contributed by atoms with Crippen molar-refractivity contribution in [2.24, 2.45) is 0 Å². The molecule has 0 spiro atoms. The Morgan fingerprint density at radius 1 is 1.06 bits per heavy atom. The van der Waals surface area contributed by atoms with Gasteiger partial charge in [-0.15, -0.1) is 10.2 Å². The Morgan fingerprint density at radius 2 is 1.71 bits per heavy atom. The van der Waals surface area contributed by atoms with Gasteiger partial charge in [0.2, 0.25) is 0 Å². The third-order valence-corrected chi connectivity index (χ3v) is 2.10. The normalized spacial score (nSPS) is 10.2. The summed E-state index contributed by atoms with van der Waals surface area (Å²) in [6.45, 7) is 0. The summed E-state index contributed by atoms with van der Waals surface area (Å²) in [5.41, 5.74) is -0.659. The number of halogens is 2. The Balaban J connectivity index is 2.50. The van der Waals surface area contributed by atoms with Gasteiger partial charge in [-0.05, 0) is 24.3 Å². The Kier molecular flexibility index (Phi) is 2.78. The van der Waals surface area contributed by atoms with E-state index in [2.05, 4.69) is 10.2 Å². The van der Waals surface area contributed by atoms with Crippen LogP contribution in [-0.4, -0.2) is 21.3 Å². The molecule has 1 heterocycles. The lowest BCUT2D eigenvalue weighted by Gasteiger charge is -2.03. The van der Waals surface area contributed by atoms with Crippen LogP contribution < -0.4 is 0 Å². The molecule has 0 saturated carbocycles. The SMILES string of the molecule is O=C(O)c1ccc(-c2c(F)cccc2F)nn1. The van der Waals surface area contributed by atoms with Gasteiger partial charge in [-0.1, -0.05) is 6.07 Å². The molecule has 0 fully saturated rings. The van der Waals surface area contributed by atoms with E-state index in [-0.39, 0.29) is 17.0 Å². The average molecular weight is 236 g/mol. The highest BCUT2D eigenvalue weighted by Crippen LogP contribution is 2.23. The molecule has 2 aromatic rings. The zero-order valence-corrected chi connectivity index (χ0v) is 8.39. The van der Waals surface area contributed by atoms with Crippen LogP contribution in [0.3, 0.4) is 0 Å². The van der Waals surface area contributed by atoms with Crippen molar-refractivity contribution in [2.45, 2.75) is 0 Å². The number of hydrogen-bond acceptors (Lipinski definition) is 3. The van der Waals surface area contributed by atoms with Gasteiger partial charge < -0.3 is 5.11 Å². The van der Waals surface area contributed by atoms with Crippen molar-refractivity contribution in [1.29, 1.82) is 0 Å². The molecule has 0 aliphatic carbocycles. The monoisotopic (exact) mass is 236 g/mol. The van der Waals surface area contributed by atoms with Crippen LogP contribution in [0.4, 0.5) is 8.78 Å². The maximum absolute atomic E-state index is 13.4. The number of nitrogens with zero attached hydrogens (tertiary/aromatic N) is 2. The average Bonchev–Trinajstić information content (AvgIpc) is 2.29. The number of aromatic nitrogens is 2. The second kappa shape index (κ2) is 4.25. The molecule has 17 heavy (non-hydrogen) atoms. The third kappa shape index (κ3) is 2.10. The smallest absolute Gasteiger partial charge is 0.356 e. The van der Waals surface area contributed by atoms with Crippen molar-refractivity contribution >= 4 is 5.97 Å². The van der Waals surface area contributed by atoms with Crippen molar-refractivity contribution in [3.63, 3.8) is 0 Å². The number of carboxylic acid groups (broad SMARTS) is 1. The summed E-state index contributed by atoms with van der Waals surface area (Å²) in [6, 6.07) is 5.75. The number of carboxylic acids is 1. The standard InChI is InChI=1S/C11H6F2N2O2/c12-6-2-1-3-7(13)10(6)8-4-5-9(11(16)17)15-14-8/h1-5H,(H,16,17). The fourth-order valence-corrected chi connectivity index (χ4v) is 1.32. The quantitative estimate of drug-likeness (QED) is 0.867. The molecule has 0 aliphatic rings. The van der Waals surface area contributed by atoms with Crippen molar-refractivity contribution in [2.75, 3.05) is 0 Å². The van der Waals surface area contributed by atoms with Crippen molar-refractivity contribution in [3.8, 4) is 11.3 Å². The van der Waals surface area contributed by atoms with Crippen LogP contribution in [0.15, 0.2) is 30.3 Å². The summed E-state index contributed by atoms with van der Waals surface area (Å²) in [7, 11) is 0. The molecule has 0 radical (unpaired) electrons. The molecule has 86 valence electrons. The van der Waals surface area contributed by atoms with Gasteiger partial charge in [0.05, 0.1) is 11.3 Å².